The smallest absolute Gasteiger partial charge is 0.323 e. The summed E-state index contributed by atoms with van der Waals surface area (Å²) in [6.07, 6.45) is 3.83. The maximum Gasteiger partial charge on any atom is 0.323 e. The third kappa shape index (κ3) is 4.35. The molecular weight excluding hydrogens is 242 g/mol. The Bertz CT molecular complexity index is 419. The molecule has 0 radical (unpaired) electrons. The van der Waals surface area contributed by atoms with E-state index in [0.717, 1.165) is 5.56 Å². The van der Waals surface area contributed by atoms with Gasteiger partial charge in [-0.3, -0.25) is 14.8 Å². The summed E-state index contributed by atoms with van der Waals surface area (Å²) in [5.74, 6) is -0.0386. The number of aromatic nitrogens is 2. The second kappa shape index (κ2) is 6.19. The minimum Gasteiger partial charge on any atom is -0.468 e. The van der Waals surface area contributed by atoms with E-state index in [-0.39, 0.29) is 23.5 Å². The van der Waals surface area contributed by atoms with Gasteiger partial charge in [-0.1, -0.05) is 13.8 Å². The van der Waals surface area contributed by atoms with Gasteiger partial charge in [-0.05, 0) is 26.7 Å². The standard InChI is InChI=1S/C14H25N3O2/c1-10(2)12(13(18)19-6)15-7-11-8-16-17(9-11)14(3,4)5/h8-10,12,15H,7H2,1-6H3/t12-/m0/s1. The van der Waals surface area contributed by atoms with Gasteiger partial charge in [-0.2, -0.15) is 5.10 Å². The highest BCUT2D eigenvalue weighted by Crippen LogP contribution is 2.13. The van der Waals surface area contributed by atoms with Crippen LogP contribution in [0, 0.1) is 5.92 Å². The molecule has 0 aliphatic carbocycles. The Morgan fingerprint density at radius 2 is 2.11 bits per heavy atom. The summed E-state index contributed by atoms with van der Waals surface area (Å²) in [5, 5.41) is 7.56. The Kier molecular flexibility index (Phi) is 5.11. The lowest BCUT2D eigenvalue weighted by Crippen LogP contribution is -2.41. The van der Waals surface area contributed by atoms with Gasteiger partial charge in [0.15, 0.2) is 0 Å². The van der Waals surface area contributed by atoms with Gasteiger partial charge in [-0.25, -0.2) is 0 Å². The molecule has 1 rings (SSSR count). The lowest BCUT2D eigenvalue weighted by Gasteiger charge is -2.20. The highest BCUT2D eigenvalue weighted by molar-refractivity contribution is 5.75. The molecule has 0 amide bonds. The maximum absolute atomic E-state index is 11.6. The number of nitrogens with zero attached hydrogens (tertiary/aromatic N) is 2. The third-order valence-electron chi connectivity index (χ3n) is 2.97. The molecule has 1 N–H and O–H groups in total. The first-order valence-corrected chi connectivity index (χ1v) is 6.61. The van der Waals surface area contributed by atoms with E-state index in [1.165, 1.54) is 7.11 Å². The number of hydrogen-bond acceptors (Lipinski definition) is 4. The van der Waals surface area contributed by atoms with E-state index in [2.05, 4.69) is 31.2 Å². The molecule has 108 valence electrons. The van der Waals surface area contributed by atoms with Gasteiger partial charge < -0.3 is 4.74 Å². The third-order valence-corrected chi connectivity index (χ3v) is 2.97. The van der Waals surface area contributed by atoms with E-state index in [1.54, 1.807) is 0 Å². The molecule has 0 fully saturated rings. The molecule has 1 heterocycles. The van der Waals surface area contributed by atoms with Crippen molar-refractivity contribution in [2.45, 2.75) is 52.7 Å². The normalized spacial score (nSPS) is 13.6. The van der Waals surface area contributed by atoms with Crippen LogP contribution in [0.3, 0.4) is 0 Å². The predicted octanol–water partition coefficient (Wildman–Crippen LogP) is 1.93. The van der Waals surface area contributed by atoms with Crippen LogP contribution in [0.2, 0.25) is 0 Å². The van der Waals surface area contributed by atoms with E-state index >= 15 is 0 Å². The SMILES string of the molecule is COC(=O)[C@@H](NCc1cnn(C(C)(C)C)c1)C(C)C. The number of carbonyl (C=O) groups excluding carboxylic acids is 1. The van der Waals surface area contributed by atoms with Crippen molar-refractivity contribution in [2.75, 3.05) is 7.11 Å². The quantitative estimate of drug-likeness (QED) is 0.828. The first kappa shape index (κ1) is 15.7. The first-order chi connectivity index (χ1) is 8.75. The molecule has 19 heavy (non-hydrogen) atoms. The molecule has 1 aromatic heterocycles. The molecule has 5 nitrogen and oxygen atoms in total. The van der Waals surface area contributed by atoms with Crippen molar-refractivity contribution in [3.05, 3.63) is 18.0 Å². The highest BCUT2D eigenvalue weighted by Gasteiger charge is 2.22. The average molecular weight is 267 g/mol. The monoisotopic (exact) mass is 267 g/mol. The number of hydrogen-bond donors (Lipinski definition) is 1. The minimum atomic E-state index is -0.289. The molecule has 0 unspecified atom stereocenters. The highest BCUT2D eigenvalue weighted by atomic mass is 16.5. The van der Waals surface area contributed by atoms with E-state index < -0.39 is 0 Å². The Balaban J connectivity index is 2.65. The van der Waals surface area contributed by atoms with Gasteiger partial charge in [0.25, 0.3) is 0 Å². The van der Waals surface area contributed by atoms with Crippen LogP contribution < -0.4 is 5.32 Å². The molecule has 0 spiro atoms. The van der Waals surface area contributed by atoms with Gasteiger partial charge in [0.1, 0.15) is 6.04 Å². The molecule has 1 atom stereocenters. The Hall–Kier alpha value is -1.36. The van der Waals surface area contributed by atoms with Crippen molar-refractivity contribution < 1.29 is 9.53 Å². The summed E-state index contributed by atoms with van der Waals surface area (Å²) in [4.78, 5) is 11.6. The summed E-state index contributed by atoms with van der Waals surface area (Å²) < 4.78 is 6.72. The van der Waals surface area contributed by atoms with E-state index in [0.29, 0.717) is 6.54 Å². The number of methoxy groups -OCH3 is 1. The topological polar surface area (TPSA) is 56.1 Å². The molecule has 5 heteroatoms. The molecule has 0 saturated heterocycles. The Morgan fingerprint density at radius 3 is 2.53 bits per heavy atom. The second-order valence-electron chi connectivity index (χ2n) is 6.09. The number of esters is 1. The van der Waals surface area contributed by atoms with Crippen molar-refractivity contribution in [3.8, 4) is 0 Å². The predicted molar refractivity (Wildman–Crippen MR) is 74.7 cm³/mol. The van der Waals surface area contributed by atoms with Gasteiger partial charge >= 0.3 is 5.97 Å². The summed E-state index contributed by atoms with van der Waals surface area (Å²) in [6.45, 7) is 10.9. The first-order valence-electron chi connectivity index (χ1n) is 6.61. The van der Waals surface area contributed by atoms with Crippen LogP contribution in [0.4, 0.5) is 0 Å². The van der Waals surface area contributed by atoms with E-state index in [1.807, 2.05) is 30.9 Å². The lowest BCUT2D eigenvalue weighted by atomic mass is 10.0. The fraction of sp³-hybridized carbons (Fsp3) is 0.714. The van der Waals surface area contributed by atoms with Crippen LogP contribution in [0.1, 0.15) is 40.2 Å². The molecular formula is C14H25N3O2. The van der Waals surface area contributed by atoms with Crippen molar-refractivity contribution in [1.29, 1.82) is 0 Å². The number of rotatable bonds is 5. The molecule has 0 aliphatic heterocycles. The van der Waals surface area contributed by atoms with Crippen molar-refractivity contribution in [3.63, 3.8) is 0 Å². The summed E-state index contributed by atoms with van der Waals surface area (Å²) in [6, 6.07) is -0.289. The zero-order valence-corrected chi connectivity index (χ0v) is 12.7. The Labute approximate surface area is 115 Å². The minimum absolute atomic E-state index is 0.0297. The average Bonchev–Trinajstić information content (AvgIpc) is 2.76. The van der Waals surface area contributed by atoms with Crippen LogP contribution in [-0.2, 0) is 21.6 Å². The molecule has 0 bridgehead atoms. The molecule has 0 saturated carbocycles. The van der Waals surface area contributed by atoms with Crippen LogP contribution in [0.15, 0.2) is 12.4 Å². The summed E-state index contributed by atoms with van der Waals surface area (Å²) in [5.41, 5.74) is 1.03. The van der Waals surface area contributed by atoms with Crippen LogP contribution >= 0.6 is 0 Å². The molecule has 1 aromatic rings. The zero-order valence-electron chi connectivity index (χ0n) is 12.7. The zero-order chi connectivity index (χ0) is 14.6. The number of ether oxygens (including phenoxy) is 1. The molecule has 0 aromatic carbocycles. The Morgan fingerprint density at radius 1 is 1.47 bits per heavy atom. The maximum atomic E-state index is 11.6. The molecule has 0 aliphatic rings. The van der Waals surface area contributed by atoms with Gasteiger partial charge in [0.2, 0.25) is 0 Å². The van der Waals surface area contributed by atoms with Crippen LogP contribution in [-0.4, -0.2) is 28.9 Å². The van der Waals surface area contributed by atoms with E-state index in [4.69, 9.17) is 4.74 Å². The van der Waals surface area contributed by atoms with E-state index in [9.17, 15) is 4.79 Å². The van der Waals surface area contributed by atoms with Crippen molar-refractivity contribution >= 4 is 5.97 Å². The lowest BCUT2D eigenvalue weighted by molar-refractivity contribution is -0.144. The van der Waals surface area contributed by atoms with Crippen molar-refractivity contribution in [2.24, 2.45) is 5.92 Å². The number of carbonyl (C=O) groups is 1. The number of nitrogens with one attached hydrogen (secondary N) is 1. The van der Waals surface area contributed by atoms with Crippen LogP contribution in [0.25, 0.3) is 0 Å². The summed E-state index contributed by atoms with van der Waals surface area (Å²) in [7, 11) is 1.41. The fourth-order valence-corrected chi connectivity index (χ4v) is 1.76. The van der Waals surface area contributed by atoms with Gasteiger partial charge in [0, 0.05) is 18.3 Å². The second-order valence-corrected chi connectivity index (χ2v) is 6.09. The fourth-order valence-electron chi connectivity index (χ4n) is 1.76. The van der Waals surface area contributed by atoms with Crippen molar-refractivity contribution in [1.82, 2.24) is 15.1 Å². The largest absolute Gasteiger partial charge is 0.468 e. The van der Waals surface area contributed by atoms with Gasteiger partial charge in [0.05, 0.1) is 18.8 Å². The summed E-state index contributed by atoms with van der Waals surface area (Å²) >= 11 is 0. The van der Waals surface area contributed by atoms with Crippen LogP contribution in [0.5, 0.6) is 0 Å². The van der Waals surface area contributed by atoms with Gasteiger partial charge in [-0.15, -0.1) is 0 Å².